The molecule has 1 unspecified atom stereocenters. The Kier molecular flexibility index (Phi) is 8.46. The van der Waals surface area contributed by atoms with Crippen LogP contribution in [0.4, 0.5) is 10.8 Å². The van der Waals surface area contributed by atoms with E-state index in [4.69, 9.17) is 10.6 Å². The molecule has 0 aromatic carbocycles. The molecule has 2 aromatic rings. The lowest BCUT2D eigenvalue weighted by Gasteiger charge is -2.49. The summed E-state index contributed by atoms with van der Waals surface area (Å²) in [6.45, 7) is 8.06. The smallest absolute Gasteiger partial charge is 0.352 e. The molecule has 0 bridgehead atoms. The molecule has 1 fully saturated rings. The zero-order valence-electron chi connectivity index (χ0n) is 21.2. The molecule has 0 saturated carbocycles. The Bertz CT molecular complexity index is 1290. The molecule has 202 valence electrons. The number of nitrogens with two attached hydrogens (primary N) is 1. The van der Waals surface area contributed by atoms with E-state index in [1.54, 1.807) is 6.92 Å². The van der Waals surface area contributed by atoms with E-state index < -0.39 is 29.2 Å². The maximum Gasteiger partial charge on any atom is 0.352 e. The van der Waals surface area contributed by atoms with E-state index in [0.29, 0.717) is 17.9 Å². The Morgan fingerprint density at radius 2 is 2.13 bits per heavy atom. The molecule has 2 aromatic heterocycles. The lowest BCUT2D eigenvalue weighted by Crippen LogP contribution is -2.71. The highest BCUT2D eigenvalue weighted by Crippen LogP contribution is 2.40. The number of pyridine rings is 1. The highest BCUT2D eigenvalue weighted by atomic mass is 32.2. The number of anilines is 2. The van der Waals surface area contributed by atoms with Gasteiger partial charge in [0.05, 0.1) is 0 Å². The lowest BCUT2D eigenvalue weighted by atomic mass is 10.0. The number of hydrogen-bond donors (Lipinski definition) is 3. The first-order valence-corrected chi connectivity index (χ1v) is 13.9. The van der Waals surface area contributed by atoms with E-state index in [2.05, 4.69) is 38.6 Å². The molecule has 38 heavy (non-hydrogen) atoms. The molecule has 2 atom stereocenters. The molecule has 0 radical (unpaired) electrons. The monoisotopic (exact) mass is 561 g/mol. The molecule has 13 nitrogen and oxygen atoms in total. The van der Waals surface area contributed by atoms with Crippen LogP contribution in [0.15, 0.2) is 41.0 Å². The van der Waals surface area contributed by atoms with Crippen molar-refractivity contribution in [3.63, 3.8) is 0 Å². The summed E-state index contributed by atoms with van der Waals surface area (Å²) < 4.78 is 5.91. The molecular weight excluding hydrogens is 532 g/mol. The molecule has 4 rings (SSSR count). The SMILES string of the molecule is CCON=C(C(=O)NC1C(=O)N2C(C(=O)O)=C(C[n+]3cccc(N(CC)CC)c3)CS[C@@H]12)c1nsc(N)n1. The number of β-lactam (4-membered cyclic amide) rings is 1. The number of rotatable bonds is 11. The van der Waals surface area contributed by atoms with Gasteiger partial charge in [-0.15, -0.1) is 11.8 Å². The minimum atomic E-state index is -1.19. The zero-order chi connectivity index (χ0) is 27.4. The number of aliphatic carboxylic acids is 1. The molecule has 2 aliphatic rings. The normalized spacial score (nSPS) is 19.1. The zero-order valence-corrected chi connectivity index (χ0v) is 22.8. The molecular formula is C23H29N8O5S2+. The third kappa shape index (κ3) is 5.43. The van der Waals surface area contributed by atoms with Gasteiger partial charge in [-0.1, -0.05) is 5.16 Å². The standard InChI is InChI=1S/C23H28N8O5S2/c1-4-30(5-2)14-8-7-9-29(11-14)10-13-12-37-21-16(20(33)31(21)17(13)22(34)35)25-19(32)15(27-36-6-3)18-26-23(24)38-28-18/h7-9,11,16,21H,4-6,10,12H2,1-3H3,(H3-,24,25,26,28,32,34,35)/p+1/t16?,21-/m0/s1. The number of aromatic nitrogens is 3. The summed E-state index contributed by atoms with van der Waals surface area (Å²) in [6.07, 6.45) is 3.84. The third-order valence-corrected chi connectivity index (χ3v) is 7.92. The fourth-order valence-electron chi connectivity index (χ4n) is 4.26. The second-order valence-corrected chi connectivity index (χ2v) is 10.2. The van der Waals surface area contributed by atoms with E-state index in [1.165, 1.54) is 16.7 Å². The lowest BCUT2D eigenvalue weighted by molar-refractivity contribution is -0.688. The summed E-state index contributed by atoms with van der Waals surface area (Å²) in [5.41, 5.74) is 7.00. The number of nitrogens with one attached hydrogen (secondary N) is 1. The van der Waals surface area contributed by atoms with Crippen LogP contribution in [-0.2, 0) is 25.8 Å². The summed E-state index contributed by atoms with van der Waals surface area (Å²) in [5.74, 6) is -2.06. The average molecular weight is 562 g/mol. The number of thioether (sulfide) groups is 1. The second-order valence-electron chi connectivity index (χ2n) is 8.34. The third-order valence-electron chi connectivity index (χ3n) is 6.03. The summed E-state index contributed by atoms with van der Waals surface area (Å²) in [4.78, 5) is 50.8. The van der Waals surface area contributed by atoms with Gasteiger partial charge in [0.1, 0.15) is 29.4 Å². The number of carboxylic acid groups (broad SMARTS) is 1. The maximum atomic E-state index is 13.1. The Hall–Kier alpha value is -3.72. The number of nitrogens with zero attached hydrogens (tertiary/aromatic N) is 6. The molecule has 4 heterocycles. The Balaban J connectivity index is 1.53. The van der Waals surface area contributed by atoms with Gasteiger partial charge in [0.15, 0.2) is 24.1 Å². The number of carboxylic acids is 1. The van der Waals surface area contributed by atoms with Crippen molar-refractivity contribution in [3.8, 4) is 0 Å². The van der Waals surface area contributed by atoms with Gasteiger partial charge in [-0.2, -0.15) is 13.9 Å². The van der Waals surface area contributed by atoms with Gasteiger partial charge in [-0.05, 0) is 26.8 Å². The van der Waals surface area contributed by atoms with Crippen LogP contribution < -0.4 is 20.5 Å². The van der Waals surface area contributed by atoms with E-state index in [1.807, 2.05) is 29.1 Å². The van der Waals surface area contributed by atoms with E-state index >= 15 is 0 Å². The van der Waals surface area contributed by atoms with Gasteiger partial charge >= 0.3 is 5.97 Å². The van der Waals surface area contributed by atoms with E-state index in [9.17, 15) is 19.5 Å². The number of amides is 2. The van der Waals surface area contributed by atoms with Crippen LogP contribution >= 0.6 is 23.3 Å². The van der Waals surface area contributed by atoms with Crippen LogP contribution in [0.3, 0.4) is 0 Å². The van der Waals surface area contributed by atoms with Crippen LogP contribution in [0.5, 0.6) is 0 Å². The molecule has 0 spiro atoms. The second kappa shape index (κ2) is 11.8. The van der Waals surface area contributed by atoms with E-state index in [0.717, 1.165) is 30.3 Å². The minimum Gasteiger partial charge on any atom is -0.477 e. The average Bonchev–Trinajstić information content (AvgIpc) is 3.33. The van der Waals surface area contributed by atoms with Crippen LogP contribution in [0.2, 0.25) is 0 Å². The minimum absolute atomic E-state index is 0.0178. The largest absolute Gasteiger partial charge is 0.477 e. The van der Waals surface area contributed by atoms with Crippen molar-refractivity contribution >= 4 is 57.6 Å². The first-order valence-electron chi connectivity index (χ1n) is 12.0. The number of nitrogen functional groups attached to an aromatic ring is 1. The van der Waals surface area contributed by atoms with Crippen molar-refractivity contribution < 1.29 is 28.9 Å². The Morgan fingerprint density at radius 1 is 1.37 bits per heavy atom. The number of carbonyl (C=O) groups is 3. The van der Waals surface area contributed by atoms with Crippen LogP contribution in [0.25, 0.3) is 0 Å². The fourth-order valence-corrected chi connectivity index (χ4v) is 6.03. The molecule has 15 heteroatoms. The van der Waals surface area contributed by atoms with Gasteiger partial charge in [0, 0.05) is 42.0 Å². The topological polar surface area (TPSA) is 167 Å². The summed E-state index contributed by atoms with van der Waals surface area (Å²) in [7, 11) is 0. The number of oxime groups is 1. The first-order chi connectivity index (χ1) is 18.3. The Morgan fingerprint density at radius 3 is 2.76 bits per heavy atom. The van der Waals surface area contributed by atoms with Gasteiger partial charge in [0.2, 0.25) is 11.5 Å². The highest BCUT2D eigenvalue weighted by molar-refractivity contribution is 8.00. The van der Waals surface area contributed by atoms with Crippen molar-refractivity contribution in [2.45, 2.75) is 38.7 Å². The van der Waals surface area contributed by atoms with Gasteiger partial charge in [-0.3, -0.25) is 14.5 Å². The summed E-state index contributed by atoms with van der Waals surface area (Å²) in [6, 6.07) is 2.98. The summed E-state index contributed by atoms with van der Waals surface area (Å²) in [5, 5.41) is 16.0. The predicted molar refractivity (Wildman–Crippen MR) is 142 cm³/mol. The van der Waals surface area contributed by atoms with Crippen molar-refractivity contribution in [1.29, 1.82) is 0 Å². The first kappa shape index (κ1) is 27.3. The number of fused-ring (bicyclic) bond motifs is 1. The fraction of sp³-hybridized carbons (Fsp3) is 0.435. The van der Waals surface area contributed by atoms with Crippen LogP contribution in [0, 0.1) is 0 Å². The van der Waals surface area contributed by atoms with E-state index in [-0.39, 0.29) is 29.0 Å². The Labute approximate surface area is 227 Å². The van der Waals surface area contributed by atoms with Gasteiger partial charge < -0.3 is 25.9 Å². The predicted octanol–water partition coefficient (Wildman–Crippen LogP) is 0.433. The summed E-state index contributed by atoms with van der Waals surface area (Å²) >= 11 is 2.28. The van der Waals surface area contributed by atoms with Crippen LogP contribution in [0.1, 0.15) is 26.6 Å². The van der Waals surface area contributed by atoms with Crippen LogP contribution in [-0.4, -0.2) is 79.7 Å². The molecule has 4 N–H and O–H groups in total. The molecule has 2 aliphatic heterocycles. The highest BCUT2D eigenvalue weighted by Gasteiger charge is 2.54. The van der Waals surface area contributed by atoms with Crippen molar-refractivity contribution in [2.75, 3.05) is 36.1 Å². The van der Waals surface area contributed by atoms with Crippen molar-refractivity contribution in [2.24, 2.45) is 5.16 Å². The van der Waals surface area contributed by atoms with Gasteiger partial charge in [0.25, 0.3) is 11.8 Å². The maximum absolute atomic E-state index is 13.1. The number of carbonyl (C=O) groups excluding carboxylic acids is 2. The van der Waals surface area contributed by atoms with Crippen molar-refractivity contribution in [3.05, 3.63) is 41.6 Å². The van der Waals surface area contributed by atoms with Crippen molar-refractivity contribution in [1.82, 2.24) is 19.6 Å². The number of hydrogen-bond acceptors (Lipinski definition) is 11. The molecule has 0 aliphatic carbocycles. The molecule has 1 saturated heterocycles. The quantitative estimate of drug-likeness (QED) is 0.151. The molecule has 2 amide bonds. The van der Waals surface area contributed by atoms with Gasteiger partial charge in [-0.25, -0.2) is 4.79 Å².